The number of para-hydroxylation sites is 1. The molecule has 1 aliphatic carbocycles. The van der Waals surface area contributed by atoms with Crippen molar-refractivity contribution in [3.05, 3.63) is 48.2 Å². The van der Waals surface area contributed by atoms with Gasteiger partial charge in [0.2, 0.25) is 15.9 Å². The van der Waals surface area contributed by atoms with Crippen molar-refractivity contribution >= 4 is 10.0 Å². The molecule has 0 radical (unpaired) electrons. The Labute approximate surface area is 141 Å². The van der Waals surface area contributed by atoms with E-state index in [0.717, 1.165) is 5.56 Å². The number of hydrogen-bond acceptors (Lipinski definition) is 5. The molecule has 7 heteroatoms. The molecule has 0 aliphatic heterocycles. The van der Waals surface area contributed by atoms with Gasteiger partial charge in [0.05, 0.1) is 13.7 Å². The van der Waals surface area contributed by atoms with Crippen molar-refractivity contribution in [2.75, 3.05) is 13.7 Å². The maximum atomic E-state index is 12.4. The monoisotopic (exact) mass is 348 g/mol. The Hall–Kier alpha value is -2.12. The molecule has 0 unspecified atom stereocenters. The number of methoxy groups -OCH3 is 1. The minimum atomic E-state index is -3.66. The molecule has 0 saturated heterocycles. The van der Waals surface area contributed by atoms with Crippen LogP contribution in [0.3, 0.4) is 0 Å². The summed E-state index contributed by atoms with van der Waals surface area (Å²) in [5, 5.41) is 0. The van der Waals surface area contributed by atoms with Gasteiger partial charge in [-0.1, -0.05) is 18.2 Å². The van der Waals surface area contributed by atoms with Crippen LogP contribution in [0.1, 0.15) is 18.4 Å². The number of ether oxygens (including phenoxy) is 2. The van der Waals surface area contributed by atoms with Crippen LogP contribution in [0.25, 0.3) is 0 Å². The molecular weight excluding hydrogens is 328 g/mol. The normalized spacial score (nSPS) is 14.4. The summed E-state index contributed by atoms with van der Waals surface area (Å²) in [6, 6.07) is 10.1. The summed E-state index contributed by atoms with van der Waals surface area (Å²) in [4.78, 5) is 4.32. The zero-order valence-electron chi connectivity index (χ0n) is 13.4. The summed E-state index contributed by atoms with van der Waals surface area (Å²) in [6.07, 6.45) is 4.07. The van der Waals surface area contributed by atoms with Crippen molar-refractivity contribution in [2.24, 2.45) is 5.92 Å². The van der Waals surface area contributed by atoms with Crippen LogP contribution in [-0.4, -0.2) is 27.1 Å². The van der Waals surface area contributed by atoms with Crippen LogP contribution in [0, 0.1) is 5.92 Å². The van der Waals surface area contributed by atoms with Crippen LogP contribution in [0.4, 0.5) is 0 Å². The third-order valence-corrected chi connectivity index (χ3v) is 5.23. The average Bonchev–Trinajstić information content (AvgIpc) is 3.43. The van der Waals surface area contributed by atoms with Gasteiger partial charge in [0.1, 0.15) is 10.6 Å². The number of nitrogens with zero attached hydrogens (tertiary/aromatic N) is 1. The van der Waals surface area contributed by atoms with Gasteiger partial charge in [0.15, 0.2) is 0 Å². The van der Waals surface area contributed by atoms with Crippen LogP contribution in [0.2, 0.25) is 0 Å². The zero-order valence-corrected chi connectivity index (χ0v) is 14.3. The highest BCUT2D eigenvalue weighted by molar-refractivity contribution is 7.89. The van der Waals surface area contributed by atoms with Crippen LogP contribution < -0.4 is 14.2 Å². The first kappa shape index (κ1) is 16.7. The van der Waals surface area contributed by atoms with E-state index in [1.54, 1.807) is 36.5 Å². The Kier molecular flexibility index (Phi) is 5.01. The summed E-state index contributed by atoms with van der Waals surface area (Å²) in [5.41, 5.74) is 0.757. The zero-order chi connectivity index (χ0) is 17.0. The van der Waals surface area contributed by atoms with Crippen molar-refractivity contribution in [1.29, 1.82) is 0 Å². The Morgan fingerprint density at radius 1 is 1.21 bits per heavy atom. The Morgan fingerprint density at radius 2 is 2.00 bits per heavy atom. The largest absolute Gasteiger partial charge is 0.495 e. The highest BCUT2D eigenvalue weighted by Crippen LogP contribution is 2.29. The summed E-state index contributed by atoms with van der Waals surface area (Å²) >= 11 is 0. The molecule has 1 N–H and O–H groups in total. The lowest BCUT2D eigenvalue weighted by molar-refractivity contribution is 0.288. The van der Waals surface area contributed by atoms with Gasteiger partial charge in [0, 0.05) is 18.8 Å². The van der Waals surface area contributed by atoms with E-state index in [9.17, 15) is 8.42 Å². The topological polar surface area (TPSA) is 77.5 Å². The molecule has 0 spiro atoms. The molecule has 6 nitrogen and oxygen atoms in total. The Balaban J connectivity index is 1.61. The van der Waals surface area contributed by atoms with Gasteiger partial charge in [-0.15, -0.1) is 0 Å². The number of benzene rings is 1. The number of pyridine rings is 1. The maximum absolute atomic E-state index is 12.4. The van der Waals surface area contributed by atoms with Gasteiger partial charge >= 0.3 is 0 Å². The van der Waals surface area contributed by atoms with Gasteiger partial charge in [-0.05, 0) is 36.5 Å². The molecule has 1 aromatic carbocycles. The molecule has 1 saturated carbocycles. The standard InChI is InChI=1S/C17H20N2O4S/c1-22-15-4-2-3-5-16(15)24(20,21)19-11-14-8-9-17(18-10-14)23-12-13-6-7-13/h2-5,8-10,13,19H,6-7,11-12H2,1H3. The minimum absolute atomic E-state index is 0.116. The highest BCUT2D eigenvalue weighted by atomic mass is 32.2. The molecule has 0 atom stereocenters. The van der Waals surface area contributed by atoms with Crippen molar-refractivity contribution in [3.8, 4) is 11.6 Å². The fourth-order valence-corrected chi connectivity index (χ4v) is 3.37. The van der Waals surface area contributed by atoms with E-state index in [-0.39, 0.29) is 11.4 Å². The fraction of sp³-hybridized carbons (Fsp3) is 0.353. The van der Waals surface area contributed by atoms with Crippen LogP contribution in [-0.2, 0) is 16.6 Å². The van der Waals surface area contributed by atoms with Gasteiger partial charge in [0.25, 0.3) is 0 Å². The van der Waals surface area contributed by atoms with Crippen LogP contribution in [0.15, 0.2) is 47.5 Å². The van der Waals surface area contributed by atoms with Crippen LogP contribution in [0.5, 0.6) is 11.6 Å². The van der Waals surface area contributed by atoms with E-state index < -0.39 is 10.0 Å². The van der Waals surface area contributed by atoms with E-state index in [2.05, 4.69) is 9.71 Å². The number of sulfonamides is 1. The number of nitrogens with one attached hydrogen (secondary N) is 1. The molecular formula is C17H20N2O4S. The second-order valence-corrected chi connectivity index (χ2v) is 7.47. The smallest absolute Gasteiger partial charge is 0.244 e. The SMILES string of the molecule is COc1ccccc1S(=O)(=O)NCc1ccc(OCC2CC2)nc1. The first-order chi connectivity index (χ1) is 11.6. The molecule has 1 heterocycles. The van der Waals surface area contributed by atoms with Crippen molar-refractivity contribution in [3.63, 3.8) is 0 Å². The highest BCUT2D eigenvalue weighted by Gasteiger charge is 2.22. The summed E-state index contributed by atoms with van der Waals surface area (Å²) in [6.45, 7) is 0.850. The molecule has 128 valence electrons. The van der Waals surface area contributed by atoms with E-state index in [1.807, 2.05) is 0 Å². The van der Waals surface area contributed by atoms with Gasteiger partial charge in [-0.25, -0.2) is 18.1 Å². The first-order valence-corrected chi connectivity index (χ1v) is 9.27. The van der Waals surface area contributed by atoms with E-state index in [1.165, 1.54) is 26.0 Å². The van der Waals surface area contributed by atoms with E-state index >= 15 is 0 Å². The number of aromatic nitrogens is 1. The summed E-state index contributed by atoms with van der Waals surface area (Å²) in [5.74, 6) is 1.55. The van der Waals surface area contributed by atoms with E-state index in [0.29, 0.717) is 24.2 Å². The lowest BCUT2D eigenvalue weighted by Crippen LogP contribution is -2.23. The molecule has 1 fully saturated rings. The first-order valence-electron chi connectivity index (χ1n) is 7.79. The van der Waals surface area contributed by atoms with Gasteiger partial charge in [-0.2, -0.15) is 0 Å². The second kappa shape index (κ2) is 7.19. The fourth-order valence-electron chi connectivity index (χ4n) is 2.19. The quantitative estimate of drug-likeness (QED) is 0.792. The molecule has 2 aromatic rings. The molecule has 1 aliphatic rings. The van der Waals surface area contributed by atoms with E-state index in [4.69, 9.17) is 9.47 Å². The molecule has 0 bridgehead atoms. The van der Waals surface area contributed by atoms with Gasteiger partial charge < -0.3 is 9.47 Å². The Morgan fingerprint density at radius 3 is 2.67 bits per heavy atom. The Bertz CT molecular complexity index is 786. The lowest BCUT2D eigenvalue weighted by Gasteiger charge is -2.10. The minimum Gasteiger partial charge on any atom is -0.495 e. The predicted octanol–water partition coefficient (Wildman–Crippen LogP) is 2.36. The van der Waals surface area contributed by atoms with Crippen molar-refractivity contribution < 1.29 is 17.9 Å². The molecule has 24 heavy (non-hydrogen) atoms. The molecule has 1 aromatic heterocycles. The molecule has 3 rings (SSSR count). The number of rotatable bonds is 8. The van der Waals surface area contributed by atoms with Crippen molar-refractivity contribution in [2.45, 2.75) is 24.3 Å². The molecule has 0 amide bonds. The average molecular weight is 348 g/mol. The second-order valence-electron chi connectivity index (χ2n) is 5.73. The maximum Gasteiger partial charge on any atom is 0.244 e. The summed E-state index contributed by atoms with van der Waals surface area (Å²) in [7, 11) is -2.22. The van der Waals surface area contributed by atoms with Crippen LogP contribution >= 0.6 is 0 Å². The lowest BCUT2D eigenvalue weighted by atomic mass is 10.3. The third-order valence-electron chi connectivity index (χ3n) is 3.79. The predicted molar refractivity (Wildman–Crippen MR) is 89.5 cm³/mol. The third kappa shape index (κ3) is 4.24. The number of hydrogen-bond donors (Lipinski definition) is 1. The van der Waals surface area contributed by atoms with Gasteiger partial charge in [-0.3, -0.25) is 0 Å². The van der Waals surface area contributed by atoms with Crippen molar-refractivity contribution in [1.82, 2.24) is 9.71 Å². The summed E-state index contributed by atoms with van der Waals surface area (Å²) < 4.78 is 38.0.